The molecule has 0 saturated heterocycles. The number of aryl methyl sites for hydroxylation is 1. The zero-order valence-corrected chi connectivity index (χ0v) is 19.2. The molecule has 0 saturated carbocycles. The molecule has 1 amide bonds. The second-order valence-corrected chi connectivity index (χ2v) is 7.97. The Hall–Kier alpha value is -4.12. The average Bonchev–Trinajstić information content (AvgIpc) is 3.09. The number of nitro groups is 1. The van der Waals surface area contributed by atoms with Gasteiger partial charge in [0.1, 0.15) is 16.4 Å². The van der Waals surface area contributed by atoms with Crippen LogP contribution >= 0.6 is 11.8 Å². The van der Waals surface area contributed by atoms with Gasteiger partial charge in [-0.3, -0.25) is 14.9 Å². The molecule has 0 aliphatic carbocycles. The average molecular weight is 484 g/mol. The summed E-state index contributed by atoms with van der Waals surface area (Å²) in [6.07, 6.45) is 1.34. The van der Waals surface area contributed by atoms with Gasteiger partial charge in [0.05, 0.1) is 23.5 Å². The largest absolute Gasteiger partial charge is 0.506 e. The number of aliphatic hydroxyl groups excluding tert-OH is 1. The maximum absolute atomic E-state index is 12.8. The topological polar surface area (TPSA) is 149 Å². The lowest BCUT2D eigenvalue weighted by Crippen LogP contribution is -2.14. The number of esters is 1. The van der Waals surface area contributed by atoms with E-state index in [9.17, 15) is 29.9 Å². The Morgan fingerprint density at radius 1 is 1.24 bits per heavy atom. The number of ether oxygens (including phenoxy) is 2. The number of benzene rings is 2. The van der Waals surface area contributed by atoms with Gasteiger partial charge in [0.2, 0.25) is 5.75 Å². The summed E-state index contributed by atoms with van der Waals surface area (Å²) in [5.41, 5.74) is 0.317. The number of thioether (sulfide) groups is 1. The summed E-state index contributed by atoms with van der Waals surface area (Å²) in [4.78, 5) is 39.9. The van der Waals surface area contributed by atoms with Crippen molar-refractivity contribution in [2.24, 2.45) is 4.99 Å². The van der Waals surface area contributed by atoms with Gasteiger partial charge in [-0.1, -0.05) is 30.0 Å². The van der Waals surface area contributed by atoms with Crippen molar-refractivity contribution in [2.45, 2.75) is 13.8 Å². The van der Waals surface area contributed by atoms with Crippen LogP contribution in [0.2, 0.25) is 0 Å². The first-order valence-electron chi connectivity index (χ1n) is 9.92. The highest BCUT2D eigenvalue weighted by atomic mass is 32.2. The van der Waals surface area contributed by atoms with Crippen molar-refractivity contribution in [2.75, 3.05) is 13.7 Å². The lowest BCUT2D eigenvalue weighted by atomic mass is 10.1. The number of carbonyl (C=O) groups excluding carboxylic acids is 2. The van der Waals surface area contributed by atoms with Crippen LogP contribution in [0.25, 0.3) is 6.08 Å². The highest BCUT2D eigenvalue weighted by Crippen LogP contribution is 2.42. The molecule has 10 nitrogen and oxygen atoms in total. The normalized spacial score (nSPS) is 15.6. The molecule has 0 spiro atoms. The van der Waals surface area contributed by atoms with Crippen molar-refractivity contribution in [3.8, 4) is 11.5 Å². The number of hydrogen-bond donors (Lipinski definition) is 2. The van der Waals surface area contributed by atoms with Crippen LogP contribution in [0.1, 0.15) is 28.4 Å². The van der Waals surface area contributed by atoms with Crippen LogP contribution in [0.5, 0.6) is 11.5 Å². The van der Waals surface area contributed by atoms with Crippen LogP contribution < -0.4 is 4.74 Å². The van der Waals surface area contributed by atoms with Crippen molar-refractivity contribution >= 4 is 40.4 Å². The maximum atomic E-state index is 12.8. The Morgan fingerprint density at radius 2 is 1.94 bits per heavy atom. The number of aromatic hydroxyl groups is 1. The lowest BCUT2D eigenvalue weighted by molar-refractivity contribution is -0.386. The van der Waals surface area contributed by atoms with Crippen LogP contribution in [-0.2, 0) is 9.53 Å². The fourth-order valence-electron chi connectivity index (χ4n) is 3.10. The van der Waals surface area contributed by atoms with Gasteiger partial charge in [0.25, 0.3) is 5.91 Å². The molecule has 0 radical (unpaired) electrons. The number of nitro benzene ring substituents is 1. The number of methoxy groups -OCH3 is 1. The third-order valence-corrected chi connectivity index (χ3v) is 5.76. The maximum Gasteiger partial charge on any atom is 0.344 e. The monoisotopic (exact) mass is 484 g/mol. The summed E-state index contributed by atoms with van der Waals surface area (Å²) in [5.74, 6) is -2.78. The summed E-state index contributed by atoms with van der Waals surface area (Å²) in [5, 5.41) is 31.9. The molecular formula is C23H20N2O8S. The molecule has 1 aliphatic rings. The molecule has 1 aliphatic heterocycles. The minimum absolute atomic E-state index is 0.0275. The zero-order valence-electron chi connectivity index (χ0n) is 18.4. The summed E-state index contributed by atoms with van der Waals surface area (Å²) >= 11 is 0.829. The second kappa shape index (κ2) is 10.2. The van der Waals surface area contributed by atoms with Crippen molar-refractivity contribution in [3.63, 3.8) is 0 Å². The van der Waals surface area contributed by atoms with Crippen LogP contribution in [-0.4, -0.2) is 45.8 Å². The Kier molecular flexibility index (Phi) is 7.37. The summed E-state index contributed by atoms with van der Waals surface area (Å²) in [6, 6.07) is 9.18. The van der Waals surface area contributed by atoms with Gasteiger partial charge in [-0.15, -0.1) is 0 Å². The molecule has 176 valence electrons. The van der Waals surface area contributed by atoms with E-state index in [-0.39, 0.29) is 33.4 Å². The van der Waals surface area contributed by atoms with Gasteiger partial charge in [-0.25, -0.2) is 9.79 Å². The van der Waals surface area contributed by atoms with Gasteiger partial charge in [0, 0.05) is 11.6 Å². The molecule has 34 heavy (non-hydrogen) atoms. The number of carbonyl (C=O) groups is 2. The molecule has 0 atom stereocenters. The number of rotatable bonds is 6. The number of phenols is 1. The molecule has 2 N–H and O–H groups in total. The van der Waals surface area contributed by atoms with Crippen LogP contribution in [0.15, 0.2) is 57.6 Å². The minimum Gasteiger partial charge on any atom is -0.506 e. The van der Waals surface area contributed by atoms with Crippen LogP contribution in [0.3, 0.4) is 0 Å². The Morgan fingerprint density at radius 3 is 2.56 bits per heavy atom. The first kappa shape index (κ1) is 24.5. The predicted octanol–water partition coefficient (Wildman–Crippen LogP) is 4.32. The number of phenolic OH excluding ortho intramolecular Hbond substituents is 1. The molecular weight excluding hydrogens is 464 g/mol. The fraction of sp³-hybridized carbons (Fsp3) is 0.174. The molecule has 11 heteroatoms. The van der Waals surface area contributed by atoms with Crippen molar-refractivity contribution < 1.29 is 34.2 Å². The number of aliphatic hydroxyl groups is 1. The predicted molar refractivity (Wildman–Crippen MR) is 126 cm³/mol. The molecule has 0 fully saturated rings. The Bertz CT molecular complexity index is 1280. The summed E-state index contributed by atoms with van der Waals surface area (Å²) in [7, 11) is 1.23. The smallest absolute Gasteiger partial charge is 0.344 e. The first-order chi connectivity index (χ1) is 16.2. The van der Waals surface area contributed by atoms with Gasteiger partial charge in [0.15, 0.2) is 5.75 Å². The Labute approximate surface area is 198 Å². The Balaban J connectivity index is 2.10. The van der Waals surface area contributed by atoms with E-state index in [1.807, 2.05) is 0 Å². The van der Waals surface area contributed by atoms with Gasteiger partial charge < -0.3 is 19.7 Å². The number of amides is 1. The van der Waals surface area contributed by atoms with E-state index in [1.165, 1.54) is 19.3 Å². The summed E-state index contributed by atoms with van der Waals surface area (Å²) in [6.45, 7) is 3.36. The first-order valence-corrected chi connectivity index (χ1v) is 10.7. The van der Waals surface area contributed by atoms with Crippen molar-refractivity contribution in [1.29, 1.82) is 0 Å². The van der Waals surface area contributed by atoms with E-state index in [2.05, 4.69) is 4.99 Å². The molecule has 0 aromatic heterocycles. The summed E-state index contributed by atoms with van der Waals surface area (Å²) < 4.78 is 9.99. The van der Waals surface area contributed by atoms with Crippen LogP contribution in [0.4, 0.5) is 5.69 Å². The SMILES string of the molecule is CCOC(=O)C1=C(O)/C(=C/c2cc(OC)c(O)c([N+](=O)[O-])c2)SC1=NC(=O)c1ccccc1C. The van der Waals surface area contributed by atoms with Crippen LogP contribution in [0, 0.1) is 17.0 Å². The van der Waals surface area contributed by atoms with Gasteiger partial charge >= 0.3 is 11.7 Å². The molecule has 0 bridgehead atoms. The van der Waals surface area contributed by atoms with E-state index >= 15 is 0 Å². The third-order valence-electron chi connectivity index (χ3n) is 4.74. The van der Waals surface area contributed by atoms with E-state index in [1.54, 1.807) is 38.1 Å². The molecule has 1 heterocycles. The molecule has 2 aromatic carbocycles. The second-order valence-electron chi connectivity index (χ2n) is 6.94. The standard InChI is InChI=1S/C23H20N2O8S/c1-4-33-23(29)18-20(27)17(11-13-9-15(25(30)31)19(26)16(10-13)32-3)34-22(18)24-21(28)14-8-6-5-7-12(14)2/h5-11,26-27H,4H2,1-3H3/b17-11-,24-22?. The van der Waals surface area contributed by atoms with E-state index in [0.717, 1.165) is 17.8 Å². The van der Waals surface area contributed by atoms with Gasteiger partial charge in [-0.05, 0) is 43.2 Å². The highest BCUT2D eigenvalue weighted by Gasteiger charge is 2.34. The number of nitrogens with zero attached hydrogens (tertiary/aromatic N) is 2. The van der Waals surface area contributed by atoms with Gasteiger partial charge in [-0.2, -0.15) is 0 Å². The highest BCUT2D eigenvalue weighted by molar-refractivity contribution is 8.18. The van der Waals surface area contributed by atoms with Crippen molar-refractivity contribution in [3.05, 3.63) is 79.4 Å². The fourth-order valence-corrected chi connectivity index (χ4v) is 4.11. The number of hydrogen-bond acceptors (Lipinski definition) is 9. The zero-order chi connectivity index (χ0) is 25.0. The quantitative estimate of drug-likeness (QED) is 0.347. The third kappa shape index (κ3) is 4.94. The molecule has 3 rings (SSSR count). The van der Waals surface area contributed by atoms with E-state index in [4.69, 9.17) is 9.47 Å². The molecule has 0 unspecified atom stereocenters. The van der Waals surface area contributed by atoms with E-state index < -0.39 is 34.0 Å². The van der Waals surface area contributed by atoms with Crippen molar-refractivity contribution in [1.82, 2.24) is 0 Å². The van der Waals surface area contributed by atoms with E-state index in [0.29, 0.717) is 11.1 Å². The minimum atomic E-state index is -0.874. The number of aliphatic imine (C=N–C) groups is 1. The lowest BCUT2D eigenvalue weighted by Gasteiger charge is -2.06. The molecule has 2 aromatic rings.